The van der Waals surface area contributed by atoms with E-state index in [2.05, 4.69) is 10.2 Å². The number of nitrogens with zero attached hydrogens (tertiary/aromatic N) is 2. The maximum Gasteiger partial charge on any atom is 0.257 e. The first-order chi connectivity index (χ1) is 9.38. The Hall–Kier alpha value is -2.14. The molecule has 1 amide bonds. The number of amides is 1. The summed E-state index contributed by atoms with van der Waals surface area (Å²) < 4.78 is 0. The van der Waals surface area contributed by atoms with Gasteiger partial charge in [0.15, 0.2) is 0 Å². The number of hydrogen-bond acceptors (Lipinski definition) is 3. The van der Waals surface area contributed by atoms with Crippen molar-refractivity contribution in [3.63, 3.8) is 0 Å². The lowest BCUT2D eigenvalue weighted by atomic mass is 10.1. The average Bonchev–Trinajstić information content (AvgIpc) is 2.86. The van der Waals surface area contributed by atoms with E-state index < -0.39 is 5.60 Å². The Balaban J connectivity index is 2.27. The summed E-state index contributed by atoms with van der Waals surface area (Å²) in [4.78, 5) is 13.9. The number of likely N-dealkylation sites (N-methyl/N-ethyl adjacent to an activating group) is 1. The van der Waals surface area contributed by atoms with Crippen LogP contribution in [0.2, 0.25) is 0 Å². The summed E-state index contributed by atoms with van der Waals surface area (Å²) in [6.45, 7) is 3.60. The highest BCUT2D eigenvalue weighted by Gasteiger charge is 2.23. The fourth-order valence-corrected chi connectivity index (χ4v) is 2.13. The van der Waals surface area contributed by atoms with Crippen LogP contribution >= 0.6 is 0 Å². The molecule has 5 heteroatoms. The number of H-pyrrole nitrogens is 1. The summed E-state index contributed by atoms with van der Waals surface area (Å²) >= 11 is 0. The van der Waals surface area contributed by atoms with Crippen molar-refractivity contribution in [1.82, 2.24) is 15.1 Å². The van der Waals surface area contributed by atoms with Crippen molar-refractivity contribution in [3.8, 4) is 11.3 Å². The number of carbonyl (C=O) groups excluding carboxylic acids is 1. The molecule has 0 aliphatic rings. The van der Waals surface area contributed by atoms with Gasteiger partial charge in [0.05, 0.1) is 23.1 Å². The summed E-state index contributed by atoms with van der Waals surface area (Å²) in [7, 11) is 1.67. The minimum Gasteiger partial charge on any atom is -0.389 e. The SMILES string of the molecule is CN(CC(C)(C)O)C(=O)c1cn[nH]c1-c1ccccc1. The van der Waals surface area contributed by atoms with E-state index >= 15 is 0 Å². The monoisotopic (exact) mass is 273 g/mol. The Morgan fingerprint density at radius 3 is 2.60 bits per heavy atom. The third kappa shape index (κ3) is 3.24. The molecule has 2 N–H and O–H groups in total. The molecule has 0 spiro atoms. The van der Waals surface area contributed by atoms with Crippen LogP contribution in [0.3, 0.4) is 0 Å². The predicted octanol–water partition coefficient (Wildman–Crippen LogP) is 1.92. The van der Waals surface area contributed by atoms with E-state index in [1.165, 1.54) is 11.1 Å². The molecule has 0 atom stereocenters. The average molecular weight is 273 g/mol. The van der Waals surface area contributed by atoms with Crippen LogP contribution < -0.4 is 0 Å². The third-order valence-corrected chi connectivity index (χ3v) is 2.90. The first-order valence-electron chi connectivity index (χ1n) is 6.45. The van der Waals surface area contributed by atoms with Gasteiger partial charge in [-0.2, -0.15) is 5.10 Å². The van der Waals surface area contributed by atoms with Gasteiger partial charge in [-0.1, -0.05) is 30.3 Å². The second-order valence-electron chi connectivity index (χ2n) is 5.50. The van der Waals surface area contributed by atoms with Gasteiger partial charge in [0.1, 0.15) is 0 Å². The van der Waals surface area contributed by atoms with Crippen molar-refractivity contribution in [3.05, 3.63) is 42.1 Å². The number of nitrogens with one attached hydrogen (secondary N) is 1. The van der Waals surface area contributed by atoms with Gasteiger partial charge >= 0.3 is 0 Å². The Kier molecular flexibility index (Phi) is 3.90. The smallest absolute Gasteiger partial charge is 0.257 e. The number of aromatic amines is 1. The van der Waals surface area contributed by atoms with Gasteiger partial charge in [-0.15, -0.1) is 0 Å². The van der Waals surface area contributed by atoms with Crippen LogP contribution in [-0.4, -0.2) is 45.3 Å². The molecule has 2 rings (SSSR count). The lowest BCUT2D eigenvalue weighted by Gasteiger charge is -2.25. The molecular weight excluding hydrogens is 254 g/mol. The molecule has 0 unspecified atom stereocenters. The fraction of sp³-hybridized carbons (Fsp3) is 0.333. The van der Waals surface area contributed by atoms with Crippen LogP contribution in [0.1, 0.15) is 24.2 Å². The molecule has 0 aliphatic heterocycles. The second-order valence-corrected chi connectivity index (χ2v) is 5.50. The number of aromatic nitrogens is 2. The third-order valence-electron chi connectivity index (χ3n) is 2.90. The van der Waals surface area contributed by atoms with Gasteiger partial charge in [-0.3, -0.25) is 9.89 Å². The minimum atomic E-state index is -0.930. The Morgan fingerprint density at radius 1 is 1.35 bits per heavy atom. The van der Waals surface area contributed by atoms with E-state index in [0.29, 0.717) is 11.3 Å². The quantitative estimate of drug-likeness (QED) is 0.894. The van der Waals surface area contributed by atoms with Crippen LogP contribution in [0.15, 0.2) is 36.5 Å². The van der Waals surface area contributed by atoms with Crippen LogP contribution in [0.5, 0.6) is 0 Å². The van der Waals surface area contributed by atoms with Crippen molar-refractivity contribution < 1.29 is 9.90 Å². The highest BCUT2D eigenvalue weighted by atomic mass is 16.3. The standard InChI is InChI=1S/C15H19N3O2/c1-15(2,20)10-18(3)14(19)12-9-16-17-13(12)11-7-5-4-6-8-11/h4-9,20H,10H2,1-3H3,(H,16,17). The van der Waals surface area contributed by atoms with E-state index in [9.17, 15) is 9.90 Å². The zero-order valence-corrected chi connectivity index (χ0v) is 11.9. The van der Waals surface area contributed by atoms with Crippen molar-refractivity contribution in [2.75, 3.05) is 13.6 Å². The van der Waals surface area contributed by atoms with E-state index in [0.717, 1.165) is 5.56 Å². The molecule has 0 fully saturated rings. The maximum absolute atomic E-state index is 12.4. The number of benzene rings is 1. The molecule has 5 nitrogen and oxygen atoms in total. The van der Waals surface area contributed by atoms with E-state index in [4.69, 9.17) is 0 Å². The van der Waals surface area contributed by atoms with Crippen LogP contribution in [-0.2, 0) is 0 Å². The molecule has 0 saturated heterocycles. The van der Waals surface area contributed by atoms with Crippen molar-refractivity contribution in [2.24, 2.45) is 0 Å². The Labute approximate surface area is 118 Å². The molecule has 0 aliphatic carbocycles. The zero-order valence-electron chi connectivity index (χ0n) is 11.9. The highest BCUT2D eigenvalue weighted by molar-refractivity contribution is 5.99. The Morgan fingerprint density at radius 2 is 2.00 bits per heavy atom. The minimum absolute atomic E-state index is 0.167. The number of aliphatic hydroxyl groups is 1. The van der Waals surface area contributed by atoms with Gasteiger partial charge in [0.2, 0.25) is 0 Å². The first kappa shape index (κ1) is 14.3. The molecule has 0 radical (unpaired) electrons. The van der Waals surface area contributed by atoms with Gasteiger partial charge < -0.3 is 10.0 Å². The first-order valence-corrected chi connectivity index (χ1v) is 6.45. The summed E-state index contributed by atoms with van der Waals surface area (Å²) in [5.74, 6) is -0.167. The number of rotatable bonds is 4. The molecule has 106 valence electrons. The van der Waals surface area contributed by atoms with Gasteiger partial charge in [0.25, 0.3) is 5.91 Å². The van der Waals surface area contributed by atoms with E-state index in [1.807, 2.05) is 30.3 Å². The topological polar surface area (TPSA) is 69.2 Å². The highest BCUT2D eigenvalue weighted by Crippen LogP contribution is 2.22. The Bertz CT molecular complexity index is 585. The summed E-state index contributed by atoms with van der Waals surface area (Å²) in [5.41, 5.74) is 1.17. The normalized spacial score (nSPS) is 11.4. The van der Waals surface area contributed by atoms with E-state index in [-0.39, 0.29) is 12.5 Å². The summed E-state index contributed by atoms with van der Waals surface area (Å²) in [6.07, 6.45) is 1.52. The van der Waals surface area contributed by atoms with E-state index in [1.54, 1.807) is 20.9 Å². The predicted molar refractivity (Wildman–Crippen MR) is 77.3 cm³/mol. The summed E-state index contributed by atoms with van der Waals surface area (Å²) in [5, 5.41) is 16.6. The van der Waals surface area contributed by atoms with Crippen LogP contribution in [0.25, 0.3) is 11.3 Å². The van der Waals surface area contributed by atoms with Gasteiger partial charge in [-0.25, -0.2) is 0 Å². The molecule has 1 heterocycles. The van der Waals surface area contributed by atoms with Crippen molar-refractivity contribution in [1.29, 1.82) is 0 Å². The molecule has 20 heavy (non-hydrogen) atoms. The zero-order chi connectivity index (χ0) is 14.8. The van der Waals surface area contributed by atoms with Crippen LogP contribution in [0, 0.1) is 0 Å². The molecular formula is C15H19N3O2. The van der Waals surface area contributed by atoms with Crippen molar-refractivity contribution >= 4 is 5.91 Å². The lowest BCUT2D eigenvalue weighted by Crippen LogP contribution is -2.39. The molecule has 0 saturated carbocycles. The largest absolute Gasteiger partial charge is 0.389 e. The molecule has 1 aromatic carbocycles. The molecule has 1 aromatic heterocycles. The maximum atomic E-state index is 12.4. The lowest BCUT2D eigenvalue weighted by molar-refractivity contribution is 0.0368. The molecule has 0 bridgehead atoms. The van der Waals surface area contributed by atoms with Gasteiger partial charge in [0, 0.05) is 19.2 Å². The van der Waals surface area contributed by atoms with Crippen molar-refractivity contribution in [2.45, 2.75) is 19.4 Å². The summed E-state index contributed by atoms with van der Waals surface area (Å²) in [6, 6.07) is 9.57. The second kappa shape index (κ2) is 5.46. The van der Waals surface area contributed by atoms with Gasteiger partial charge in [-0.05, 0) is 13.8 Å². The number of carbonyl (C=O) groups is 1. The fourth-order valence-electron chi connectivity index (χ4n) is 2.13. The molecule has 2 aromatic rings. The number of hydrogen-bond donors (Lipinski definition) is 2. The van der Waals surface area contributed by atoms with Crippen LogP contribution in [0.4, 0.5) is 0 Å².